The zero-order chi connectivity index (χ0) is 15.8. The zero-order valence-electron chi connectivity index (χ0n) is 12.4. The van der Waals surface area contributed by atoms with E-state index < -0.39 is 23.0 Å². The minimum Gasteiger partial charge on any atom is -0.367 e. The minimum atomic E-state index is -1.22. The second-order valence-electron chi connectivity index (χ2n) is 5.49. The summed E-state index contributed by atoms with van der Waals surface area (Å²) in [6.07, 6.45) is 0. The van der Waals surface area contributed by atoms with Crippen LogP contribution in [-0.2, 0) is 9.53 Å². The molecule has 0 radical (unpaired) electrons. The van der Waals surface area contributed by atoms with E-state index in [0.29, 0.717) is 6.54 Å². The number of primary amides is 1. The van der Waals surface area contributed by atoms with Gasteiger partial charge in [-0.05, 0) is 32.4 Å². The van der Waals surface area contributed by atoms with Gasteiger partial charge in [0.05, 0.1) is 13.2 Å². The largest absolute Gasteiger partial charge is 0.367 e. The number of hydrogen-bond acceptors (Lipinski definition) is 4. The Hall–Kier alpha value is -2.15. The molecule has 1 aromatic heterocycles. The quantitative estimate of drug-likeness (QED) is 0.781. The molecule has 0 bridgehead atoms. The number of nitrogens with two attached hydrogens (primary N) is 1. The molecule has 1 aliphatic rings. The van der Waals surface area contributed by atoms with Gasteiger partial charge in [-0.25, -0.2) is 0 Å². The molecule has 21 heavy (non-hydrogen) atoms. The van der Waals surface area contributed by atoms with Gasteiger partial charge < -0.3 is 20.4 Å². The molecular weight excluding hydrogens is 274 g/mol. The predicted octanol–water partition coefficient (Wildman–Crippen LogP) is -0.292. The number of morpholine rings is 1. The Bertz CT molecular complexity index is 652. The number of aryl methyl sites for hydroxylation is 2. The summed E-state index contributed by atoms with van der Waals surface area (Å²) >= 11 is 0. The number of amides is 2. The van der Waals surface area contributed by atoms with Gasteiger partial charge in [-0.3, -0.25) is 14.4 Å². The van der Waals surface area contributed by atoms with E-state index in [1.807, 2.05) is 6.92 Å². The number of pyridine rings is 1. The molecule has 2 heterocycles. The Morgan fingerprint density at radius 3 is 2.71 bits per heavy atom. The third kappa shape index (κ3) is 2.82. The van der Waals surface area contributed by atoms with E-state index in [9.17, 15) is 14.4 Å². The molecule has 1 aliphatic heterocycles. The molecule has 7 nitrogen and oxygen atoms in total. The average molecular weight is 293 g/mol. The number of H-pyrrole nitrogens is 1. The van der Waals surface area contributed by atoms with Gasteiger partial charge in [-0.1, -0.05) is 0 Å². The summed E-state index contributed by atoms with van der Waals surface area (Å²) in [5.74, 6) is -1.05. The number of hydrogen-bond donors (Lipinski definition) is 2. The second-order valence-corrected chi connectivity index (χ2v) is 5.49. The fourth-order valence-electron chi connectivity index (χ4n) is 2.25. The Kier molecular flexibility index (Phi) is 3.87. The maximum atomic E-state index is 12.5. The highest BCUT2D eigenvalue weighted by molar-refractivity contribution is 5.95. The summed E-state index contributed by atoms with van der Waals surface area (Å²) in [6.45, 7) is 5.67. The van der Waals surface area contributed by atoms with Crippen LogP contribution < -0.4 is 11.3 Å². The smallest absolute Gasteiger partial charge is 0.261 e. The summed E-state index contributed by atoms with van der Waals surface area (Å²) in [7, 11) is 0. The molecule has 2 amide bonds. The van der Waals surface area contributed by atoms with E-state index in [4.69, 9.17) is 10.5 Å². The second kappa shape index (κ2) is 5.33. The van der Waals surface area contributed by atoms with Crippen molar-refractivity contribution in [2.24, 2.45) is 5.73 Å². The number of nitrogens with one attached hydrogen (secondary N) is 1. The van der Waals surface area contributed by atoms with Crippen LogP contribution in [0.25, 0.3) is 0 Å². The van der Waals surface area contributed by atoms with Crippen LogP contribution in [0.4, 0.5) is 0 Å². The third-order valence-corrected chi connectivity index (χ3v) is 3.81. The van der Waals surface area contributed by atoms with Gasteiger partial charge in [0.2, 0.25) is 0 Å². The number of ether oxygens (including phenoxy) is 1. The third-order valence-electron chi connectivity index (χ3n) is 3.81. The zero-order valence-corrected chi connectivity index (χ0v) is 12.4. The molecule has 0 spiro atoms. The van der Waals surface area contributed by atoms with Gasteiger partial charge in [0.15, 0.2) is 5.60 Å². The van der Waals surface area contributed by atoms with Gasteiger partial charge in [0.1, 0.15) is 5.56 Å². The maximum Gasteiger partial charge on any atom is 0.261 e. The van der Waals surface area contributed by atoms with Crippen LogP contribution >= 0.6 is 0 Å². The van der Waals surface area contributed by atoms with Gasteiger partial charge in [-0.15, -0.1) is 0 Å². The van der Waals surface area contributed by atoms with Crippen LogP contribution in [0.3, 0.4) is 0 Å². The highest BCUT2D eigenvalue weighted by Gasteiger charge is 2.39. The first-order chi connectivity index (χ1) is 9.74. The van der Waals surface area contributed by atoms with Crippen LogP contribution in [0.5, 0.6) is 0 Å². The molecule has 0 aromatic carbocycles. The van der Waals surface area contributed by atoms with Gasteiger partial charge in [0.25, 0.3) is 17.4 Å². The first-order valence-corrected chi connectivity index (χ1v) is 6.68. The minimum absolute atomic E-state index is 0.0352. The van der Waals surface area contributed by atoms with Crippen molar-refractivity contribution in [3.8, 4) is 0 Å². The van der Waals surface area contributed by atoms with Gasteiger partial charge in [0, 0.05) is 12.2 Å². The van der Waals surface area contributed by atoms with Crippen molar-refractivity contribution in [1.82, 2.24) is 9.88 Å². The Morgan fingerprint density at radius 1 is 1.43 bits per heavy atom. The monoisotopic (exact) mass is 293 g/mol. The van der Waals surface area contributed by atoms with Crippen LogP contribution in [0, 0.1) is 13.8 Å². The molecule has 114 valence electrons. The van der Waals surface area contributed by atoms with Crippen molar-refractivity contribution in [1.29, 1.82) is 0 Å². The highest BCUT2D eigenvalue weighted by Crippen LogP contribution is 2.18. The van der Waals surface area contributed by atoms with Crippen molar-refractivity contribution >= 4 is 11.8 Å². The number of carbonyl (C=O) groups is 2. The first-order valence-electron chi connectivity index (χ1n) is 6.68. The number of carbonyl (C=O) groups excluding carboxylic acids is 2. The summed E-state index contributed by atoms with van der Waals surface area (Å²) in [5.41, 5.74) is 5.26. The summed E-state index contributed by atoms with van der Waals surface area (Å²) in [6, 6.07) is 1.56. The Labute approximate surface area is 122 Å². The standard InChI is InChI=1S/C14H19N3O4/c1-8-6-10(11(18)16-9(8)2)12(19)17-4-5-21-14(3,7-17)13(15)20/h6H,4-5,7H2,1-3H3,(H2,15,20)(H,16,18)/t14-/m0/s1. The highest BCUT2D eigenvalue weighted by atomic mass is 16.5. The van der Waals surface area contributed by atoms with Crippen molar-refractivity contribution in [3.05, 3.63) is 33.2 Å². The fraction of sp³-hybridized carbons (Fsp3) is 0.500. The van der Waals surface area contributed by atoms with E-state index in [2.05, 4.69) is 4.98 Å². The molecule has 0 unspecified atom stereocenters. The first kappa shape index (κ1) is 15.2. The number of aromatic amines is 1. The topological polar surface area (TPSA) is 105 Å². The lowest BCUT2D eigenvalue weighted by molar-refractivity contribution is -0.150. The summed E-state index contributed by atoms with van der Waals surface area (Å²) in [4.78, 5) is 39.9. The van der Waals surface area contributed by atoms with E-state index in [0.717, 1.165) is 11.3 Å². The van der Waals surface area contributed by atoms with E-state index in [1.165, 1.54) is 4.90 Å². The van der Waals surface area contributed by atoms with Crippen molar-refractivity contribution in [3.63, 3.8) is 0 Å². The Balaban J connectivity index is 2.30. The summed E-state index contributed by atoms with van der Waals surface area (Å²) < 4.78 is 5.36. The van der Waals surface area contributed by atoms with Gasteiger partial charge in [-0.2, -0.15) is 0 Å². The lowest BCUT2D eigenvalue weighted by Gasteiger charge is -2.38. The molecule has 2 rings (SSSR count). The lowest BCUT2D eigenvalue weighted by Crippen LogP contribution is -2.58. The average Bonchev–Trinajstić information content (AvgIpc) is 2.42. The Morgan fingerprint density at radius 2 is 2.10 bits per heavy atom. The van der Waals surface area contributed by atoms with Crippen molar-refractivity contribution in [2.75, 3.05) is 19.7 Å². The van der Waals surface area contributed by atoms with Crippen LogP contribution in [0.15, 0.2) is 10.9 Å². The van der Waals surface area contributed by atoms with E-state index in [1.54, 1.807) is 19.9 Å². The van der Waals surface area contributed by atoms with Crippen molar-refractivity contribution in [2.45, 2.75) is 26.4 Å². The number of aromatic nitrogens is 1. The fourth-order valence-corrected chi connectivity index (χ4v) is 2.25. The van der Waals surface area contributed by atoms with E-state index in [-0.39, 0.29) is 18.7 Å². The molecule has 3 N–H and O–H groups in total. The predicted molar refractivity (Wildman–Crippen MR) is 76.0 cm³/mol. The normalized spacial score (nSPS) is 22.1. The SMILES string of the molecule is Cc1cc(C(=O)N2CCO[C@](C)(C(N)=O)C2)c(=O)[nH]c1C. The van der Waals surface area contributed by atoms with Crippen molar-refractivity contribution < 1.29 is 14.3 Å². The molecule has 1 aromatic rings. The molecular formula is C14H19N3O4. The molecule has 1 saturated heterocycles. The van der Waals surface area contributed by atoms with E-state index >= 15 is 0 Å². The lowest BCUT2D eigenvalue weighted by atomic mass is 10.0. The molecule has 7 heteroatoms. The molecule has 0 aliphatic carbocycles. The molecule has 1 fully saturated rings. The van der Waals surface area contributed by atoms with Crippen LogP contribution in [0.2, 0.25) is 0 Å². The number of rotatable bonds is 2. The maximum absolute atomic E-state index is 12.5. The van der Waals surface area contributed by atoms with Crippen LogP contribution in [-0.4, -0.2) is 47.0 Å². The van der Waals surface area contributed by atoms with Gasteiger partial charge >= 0.3 is 0 Å². The van der Waals surface area contributed by atoms with Crippen LogP contribution in [0.1, 0.15) is 28.5 Å². The molecule has 1 atom stereocenters. The molecule has 0 saturated carbocycles. The number of nitrogens with zero attached hydrogens (tertiary/aromatic N) is 1. The summed E-state index contributed by atoms with van der Waals surface area (Å²) in [5, 5.41) is 0.